The Morgan fingerprint density at radius 3 is 2.10 bits per heavy atom. The fourth-order valence-corrected chi connectivity index (χ4v) is 8.23. The number of methoxy groups -OCH3 is 4. The molecule has 0 amide bonds. The fourth-order valence-electron chi connectivity index (χ4n) is 6.79. The van der Waals surface area contributed by atoms with Gasteiger partial charge < -0.3 is 42.1 Å². The van der Waals surface area contributed by atoms with E-state index < -0.39 is 38.9 Å². The highest BCUT2D eigenvalue weighted by molar-refractivity contribution is 7.87. The monoisotopic (exact) mass is 724 g/mol. The molecule has 1 aliphatic carbocycles. The maximum Gasteiger partial charge on any atom is 0.339 e. The number of ether oxygens (including phenoxy) is 8. The van der Waals surface area contributed by atoms with Crippen LogP contribution in [0.4, 0.5) is 0 Å². The first-order chi connectivity index (χ1) is 24.1. The quantitative estimate of drug-likeness (QED) is 0.106. The number of halogens is 1. The van der Waals surface area contributed by atoms with Gasteiger partial charge in [-0.05, 0) is 71.3 Å². The number of esters is 1. The van der Waals surface area contributed by atoms with Crippen molar-refractivity contribution in [1.82, 2.24) is 0 Å². The molecular formula is C36H33ClO12S. The van der Waals surface area contributed by atoms with Crippen molar-refractivity contribution >= 4 is 27.7 Å². The van der Waals surface area contributed by atoms with E-state index in [1.54, 1.807) is 42.5 Å². The number of hydrogen-bond acceptors (Lipinski definition) is 12. The Morgan fingerprint density at radius 1 is 0.800 bits per heavy atom. The second-order valence-corrected chi connectivity index (χ2v) is 13.9. The van der Waals surface area contributed by atoms with Crippen LogP contribution in [0.2, 0.25) is 0 Å². The number of para-hydroxylation sites is 1. The molecule has 0 N–H and O–H groups in total. The summed E-state index contributed by atoms with van der Waals surface area (Å²) < 4.78 is 77.8. The van der Waals surface area contributed by atoms with Crippen molar-refractivity contribution in [3.8, 4) is 40.2 Å². The lowest BCUT2D eigenvalue weighted by molar-refractivity contribution is -0.140. The molecule has 4 aromatic carbocycles. The minimum Gasteiger partial charge on any atom is -0.497 e. The van der Waals surface area contributed by atoms with Crippen molar-refractivity contribution in [3.05, 3.63) is 95.1 Å². The summed E-state index contributed by atoms with van der Waals surface area (Å²) in [4.78, 5) is 12.1. The maximum atomic E-state index is 13.7. The van der Waals surface area contributed by atoms with E-state index in [1.807, 2.05) is 6.07 Å². The number of hydrogen-bond donors (Lipinski definition) is 0. The molecule has 1 saturated heterocycles. The van der Waals surface area contributed by atoms with Gasteiger partial charge in [0, 0.05) is 11.5 Å². The lowest BCUT2D eigenvalue weighted by Gasteiger charge is -2.43. The first-order valence-electron chi connectivity index (χ1n) is 15.5. The van der Waals surface area contributed by atoms with Gasteiger partial charge in [0.2, 0.25) is 12.5 Å². The van der Waals surface area contributed by atoms with Gasteiger partial charge in [-0.2, -0.15) is 8.42 Å². The van der Waals surface area contributed by atoms with Gasteiger partial charge in [-0.15, -0.1) is 11.6 Å². The molecule has 12 nitrogen and oxygen atoms in total. The van der Waals surface area contributed by atoms with Crippen LogP contribution in [0.1, 0.15) is 34.3 Å². The van der Waals surface area contributed by atoms with Crippen LogP contribution in [-0.4, -0.2) is 61.1 Å². The van der Waals surface area contributed by atoms with Crippen LogP contribution >= 0.6 is 11.6 Å². The van der Waals surface area contributed by atoms with Crippen LogP contribution in [0, 0.1) is 5.92 Å². The zero-order valence-electron chi connectivity index (χ0n) is 27.5. The van der Waals surface area contributed by atoms with E-state index in [1.165, 1.54) is 52.7 Å². The highest BCUT2D eigenvalue weighted by atomic mass is 35.5. The normalized spacial score (nSPS) is 21.9. The van der Waals surface area contributed by atoms with Crippen molar-refractivity contribution in [3.63, 3.8) is 0 Å². The first kappa shape index (κ1) is 33.6. The van der Waals surface area contributed by atoms with Gasteiger partial charge in [0.25, 0.3) is 0 Å². The Bertz CT molecular complexity index is 2030. The van der Waals surface area contributed by atoms with Crippen LogP contribution in [-0.2, 0) is 31.0 Å². The highest BCUT2D eigenvalue weighted by Gasteiger charge is 2.64. The van der Waals surface area contributed by atoms with Crippen molar-refractivity contribution in [2.45, 2.75) is 28.4 Å². The van der Waals surface area contributed by atoms with E-state index in [9.17, 15) is 13.2 Å². The molecule has 14 heteroatoms. The Hall–Kier alpha value is -4.85. The largest absolute Gasteiger partial charge is 0.497 e. The molecule has 2 aliphatic heterocycles. The molecule has 50 heavy (non-hydrogen) atoms. The van der Waals surface area contributed by atoms with Crippen molar-refractivity contribution in [2.75, 3.05) is 41.8 Å². The highest BCUT2D eigenvalue weighted by Crippen LogP contribution is 2.61. The molecule has 3 aliphatic rings. The lowest BCUT2D eigenvalue weighted by atomic mass is 9.65. The number of carbonyl (C=O) groups excluding carboxylic acids is 1. The predicted octanol–water partition coefficient (Wildman–Crippen LogP) is 5.77. The SMILES string of the molecule is COc1ccc(S(=O)(=O)Oc2ccccc2CO[C@H]2c3cc4c(cc3[C@@H](c3cc(OC)c(OC)c(OC)c3)[C@@]3(Cl)C(=O)OC[C@H]23)OCO4)cc1. The summed E-state index contributed by atoms with van der Waals surface area (Å²) in [5.41, 5.74) is 2.39. The van der Waals surface area contributed by atoms with E-state index >= 15 is 0 Å². The summed E-state index contributed by atoms with van der Waals surface area (Å²) in [7, 11) is 1.80. The minimum atomic E-state index is -4.20. The number of rotatable bonds is 11. The maximum absolute atomic E-state index is 13.7. The Labute approximate surface area is 293 Å². The number of carbonyl (C=O) groups is 1. The van der Waals surface area contributed by atoms with Crippen LogP contribution in [0.3, 0.4) is 0 Å². The summed E-state index contributed by atoms with van der Waals surface area (Å²) in [5, 5.41) is 0. The predicted molar refractivity (Wildman–Crippen MR) is 178 cm³/mol. The molecular weight excluding hydrogens is 692 g/mol. The van der Waals surface area contributed by atoms with E-state index in [4.69, 9.17) is 53.7 Å². The van der Waals surface area contributed by atoms with Crippen LogP contribution in [0.15, 0.2) is 77.7 Å². The Kier molecular flexibility index (Phi) is 8.83. The molecule has 7 rings (SSSR count). The summed E-state index contributed by atoms with van der Waals surface area (Å²) >= 11 is 7.50. The van der Waals surface area contributed by atoms with Gasteiger partial charge in [0.05, 0.1) is 53.7 Å². The number of fused-ring (bicyclic) bond motifs is 3. The molecule has 4 atom stereocenters. The number of alkyl halides is 1. The lowest BCUT2D eigenvalue weighted by Crippen LogP contribution is -2.48. The summed E-state index contributed by atoms with van der Waals surface area (Å²) in [6.07, 6.45) is -0.798. The van der Waals surface area contributed by atoms with Gasteiger partial charge >= 0.3 is 16.1 Å². The molecule has 0 radical (unpaired) electrons. The van der Waals surface area contributed by atoms with Crippen LogP contribution < -0.4 is 32.6 Å². The van der Waals surface area contributed by atoms with Gasteiger partial charge in [-0.3, -0.25) is 4.79 Å². The zero-order valence-corrected chi connectivity index (χ0v) is 29.0. The molecule has 0 bridgehead atoms. The number of benzene rings is 4. The molecule has 262 valence electrons. The van der Waals surface area contributed by atoms with E-state index in [2.05, 4.69) is 0 Å². The minimum absolute atomic E-state index is 0.0173. The number of cyclic esters (lactones) is 1. The van der Waals surface area contributed by atoms with Crippen molar-refractivity contribution < 1.29 is 55.3 Å². The standard InChI is InChI=1S/C36H33ClO12S/c1-41-22-9-11-23(12-10-22)50(39,40)49-27-8-6-5-7-20(27)17-45-33-25-16-29-28(47-19-48-29)15-24(25)32(36(37)26(33)18-46-35(36)38)21-13-30(42-2)34(44-4)31(14-21)43-3/h5-16,26,32-33H,17-19H2,1-4H3/t26-,32-,33+,36-/m1/s1. The second-order valence-electron chi connectivity index (χ2n) is 11.8. The zero-order chi connectivity index (χ0) is 35.2. The van der Waals surface area contributed by atoms with Crippen molar-refractivity contribution in [2.24, 2.45) is 5.92 Å². The first-order valence-corrected chi connectivity index (χ1v) is 17.3. The van der Waals surface area contributed by atoms with Gasteiger partial charge in [0.1, 0.15) is 16.4 Å². The molecule has 0 spiro atoms. The fraction of sp³-hybridized carbons (Fsp3) is 0.306. The average molecular weight is 725 g/mol. The van der Waals surface area contributed by atoms with Crippen molar-refractivity contribution in [1.29, 1.82) is 0 Å². The third kappa shape index (κ3) is 5.59. The van der Waals surface area contributed by atoms with Gasteiger partial charge in [0.15, 0.2) is 27.9 Å². The summed E-state index contributed by atoms with van der Waals surface area (Å²) in [5.74, 6) is 0.632. The summed E-state index contributed by atoms with van der Waals surface area (Å²) in [6, 6.07) is 19.6. The summed E-state index contributed by atoms with van der Waals surface area (Å²) in [6.45, 7) is -0.116. The van der Waals surface area contributed by atoms with E-state index in [0.717, 1.165) is 0 Å². The third-order valence-corrected chi connectivity index (χ3v) is 11.1. The second kappa shape index (κ2) is 13.1. The van der Waals surface area contributed by atoms with E-state index in [0.29, 0.717) is 56.8 Å². The molecule has 4 aromatic rings. The smallest absolute Gasteiger partial charge is 0.339 e. The molecule has 1 fully saturated rings. The van der Waals surface area contributed by atoms with Crippen LogP contribution in [0.25, 0.3) is 0 Å². The van der Waals surface area contributed by atoms with Gasteiger partial charge in [-0.25, -0.2) is 0 Å². The topological polar surface area (TPSA) is 134 Å². The van der Waals surface area contributed by atoms with E-state index in [-0.39, 0.29) is 30.7 Å². The van der Waals surface area contributed by atoms with Crippen LogP contribution in [0.5, 0.6) is 40.2 Å². The average Bonchev–Trinajstić information content (AvgIpc) is 3.71. The third-order valence-electron chi connectivity index (χ3n) is 9.19. The molecule has 0 aromatic heterocycles. The molecule has 0 unspecified atom stereocenters. The molecule has 2 heterocycles. The Morgan fingerprint density at radius 2 is 1.46 bits per heavy atom. The van der Waals surface area contributed by atoms with Gasteiger partial charge in [-0.1, -0.05) is 18.2 Å². The molecule has 0 saturated carbocycles. The Balaban J connectivity index is 1.29.